The van der Waals surface area contributed by atoms with Crippen molar-refractivity contribution in [3.63, 3.8) is 0 Å². The molecule has 8 heteroatoms. The van der Waals surface area contributed by atoms with Gasteiger partial charge in [-0.1, -0.05) is 30.3 Å². The summed E-state index contributed by atoms with van der Waals surface area (Å²) in [4.78, 5) is 40.4. The number of aliphatic hydroxyl groups excluding tert-OH is 1. The molecule has 1 N–H and O–H groups in total. The molecule has 0 radical (unpaired) electrons. The number of aliphatic hydroxyl groups is 1. The minimum absolute atomic E-state index is 0.0653. The van der Waals surface area contributed by atoms with Crippen LogP contribution in [-0.4, -0.2) is 52.3 Å². The molecule has 2 aliphatic heterocycles. The highest BCUT2D eigenvalue weighted by atomic mass is 16.5. The average Bonchev–Trinajstić information content (AvgIpc) is 2.92. The monoisotopic (exact) mass is 412 g/mol. The number of aromatic nitrogens is 1. The maximum absolute atomic E-state index is 13.2. The predicted octanol–water partition coefficient (Wildman–Crippen LogP) is 1.76. The van der Waals surface area contributed by atoms with Crippen molar-refractivity contribution in [2.24, 2.45) is 0 Å². The van der Waals surface area contributed by atoms with E-state index < -0.39 is 23.5 Å². The zero-order chi connectivity index (χ0) is 21.3. The smallest absolute Gasteiger partial charge is 0.343 e. The maximum atomic E-state index is 13.2. The van der Waals surface area contributed by atoms with Gasteiger partial charge in [-0.25, -0.2) is 4.79 Å². The van der Waals surface area contributed by atoms with Crippen LogP contribution in [-0.2, 0) is 11.3 Å². The molecule has 30 heavy (non-hydrogen) atoms. The third kappa shape index (κ3) is 3.59. The first-order valence-electron chi connectivity index (χ1n) is 10.1. The maximum Gasteiger partial charge on any atom is 0.343 e. The molecular weight excluding hydrogens is 388 g/mol. The van der Waals surface area contributed by atoms with Crippen LogP contribution < -0.4 is 10.2 Å². The lowest BCUT2D eigenvalue weighted by molar-refractivity contribution is 0.0497. The van der Waals surface area contributed by atoms with Gasteiger partial charge in [0.05, 0.1) is 18.8 Å². The van der Waals surface area contributed by atoms with Crippen LogP contribution in [0.2, 0.25) is 0 Å². The lowest BCUT2D eigenvalue weighted by Crippen LogP contribution is -2.46. The molecule has 2 aromatic rings. The van der Waals surface area contributed by atoms with E-state index in [2.05, 4.69) is 0 Å². The summed E-state index contributed by atoms with van der Waals surface area (Å²) in [5.74, 6) is -1.30. The highest BCUT2D eigenvalue weighted by Crippen LogP contribution is 2.33. The molecule has 0 aliphatic carbocycles. The molecule has 2 bridgehead atoms. The molecule has 8 nitrogen and oxygen atoms in total. The second kappa shape index (κ2) is 8.31. The first-order valence-corrected chi connectivity index (χ1v) is 10.1. The quantitative estimate of drug-likeness (QED) is 0.752. The normalized spacial score (nSPS) is 20.3. The van der Waals surface area contributed by atoms with E-state index in [0.717, 1.165) is 5.56 Å². The van der Waals surface area contributed by atoms with Crippen molar-refractivity contribution in [2.45, 2.75) is 38.5 Å². The summed E-state index contributed by atoms with van der Waals surface area (Å²) >= 11 is 0. The lowest BCUT2D eigenvalue weighted by Gasteiger charge is -2.36. The van der Waals surface area contributed by atoms with E-state index in [9.17, 15) is 19.5 Å². The number of ether oxygens (including phenoxy) is 2. The molecule has 3 heterocycles. The van der Waals surface area contributed by atoms with Gasteiger partial charge in [0.2, 0.25) is 5.43 Å². The number of carbonyl (C=O) groups excluding carboxylic acids is 2. The second-order valence-electron chi connectivity index (χ2n) is 7.48. The number of fused-ring (bicyclic) bond motifs is 4. The zero-order valence-electron chi connectivity index (χ0n) is 16.7. The molecule has 2 aliphatic rings. The Bertz CT molecular complexity index is 1020. The van der Waals surface area contributed by atoms with Gasteiger partial charge >= 0.3 is 5.97 Å². The summed E-state index contributed by atoms with van der Waals surface area (Å²) in [5, 5.41) is 10.6. The first kappa shape index (κ1) is 20.2. The Kier molecular flexibility index (Phi) is 5.59. The van der Waals surface area contributed by atoms with Gasteiger partial charge in [0.15, 0.2) is 11.4 Å². The number of carbonyl (C=O) groups is 2. The Labute approximate surface area is 173 Å². The summed E-state index contributed by atoms with van der Waals surface area (Å²) in [5.41, 5.74) is -0.000871. The molecule has 158 valence electrons. The molecule has 0 spiro atoms. The van der Waals surface area contributed by atoms with Crippen molar-refractivity contribution in [1.29, 1.82) is 0 Å². The third-order valence-electron chi connectivity index (χ3n) is 5.54. The molecule has 4 rings (SSSR count). The third-order valence-corrected chi connectivity index (χ3v) is 5.54. The Balaban J connectivity index is 1.85. The molecule has 1 saturated heterocycles. The summed E-state index contributed by atoms with van der Waals surface area (Å²) < 4.78 is 12.4. The van der Waals surface area contributed by atoms with Crippen molar-refractivity contribution in [3.05, 3.63) is 63.6 Å². The standard InChI is InChI=1S/C22H24N2O6/c1-2-29-22(28)15-11-24-16-12-23(10-6-9-17(16)25)21(27)18(24)20(19(15)26)30-13-14-7-4-3-5-8-14/h3-5,7-8,11,16-17,25H,2,6,9-10,12-13H2,1H3/t16?,17-/m1/s1. The number of esters is 1. The highest BCUT2D eigenvalue weighted by molar-refractivity contribution is 5.98. The van der Waals surface area contributed by atoms with Gasteiger partial charge in [0.1, 0.15) is 12.2 Å². The minimum atomic E-state index is -0.777. The average molecular weight is 412 g/mol. The molecule has 1 unspecified atom stereocenters. The number of hydrogen-bond donors (Lipinski definition) is 1. The Morgan fingerprint density at radius 2 is 2.00 bits per heavy atom. The van der Waals surface area contributed by atoms with E-state index in [1.54, 1.807) is 11.8 Å². The van der Waals surface area contributed by atoms with E-state index >= 15 is 0 Å². The van der Waals surface area contributed by atoms with Crippen LogP contribution in [0.5, 0.6) is 5.75 Å². The fourth-order valence-corrected chi connectivity index (χ4v) is 4.03. The van der Waals surface area contributed by atoms with Gasteiger partial charge in [-0.3, -0.25) is 9.59 Å². The largest absolute Gasteiger partial charge is 0.483 e. The predicted molar refractivity (Wildman–Crippen MR) is 108 cm³/mol. The number of pyridine rings is 1. The molecule has 2 atom stereocenters. The first-order chi connectivity index (χ1) is 14.5. The number of hydrogen-bond acceptors (Lipinski definition) is 6. The van der Waals surface area contributed by atoms with Gasteiger partial charge in [-0.15, -0.1) is 0 Å². The number of benzene rings is 1. The topological polar surface area (TPSA) is 98.1 Å². The van der Waals surface area contributed by atoms with Crippen LogP contribution in [0.1, 0.15) is 52.2 Å². The molecule has 1 amide bonds. The number of rotatable bonds is 5. The SMILES string of the molecule is CCOC(=O)c1cn2c(c(OCc3ccccc3)c1=O)C(=O)N1CCC[C@@H](O)C2C1. The van der Waals surface area contributed by atoms with Crippen LogP contribution in [0.25, 0.3) is 0 Å². The van der Waals surface area contributed by atoms with Crippen LogP contribution >= 0.6 is 0 Å². The van der Waals surface area contributed by atoms with Gasteiger partial charge in [-0.2, -0.15) is 0 Å². The molecule has 1 fully saturated rings. The number of amides is 1. The van der Waals surface area contributed by atoms with Crippen molar-refractivity contribution < 1.29 is 24.2 Å². The van der Waals surface area contributed by atoms with Crippen LogP contribution in [0.3, 0.4) is 0 Å². The van der Waals surface area contributed by atoms with Crippen LogP contribution in [0.15, 0.2) is 41.3 Å². The zero-order valence-corrected chi connectivity index (χ0v) is 16.7. The number of nitrogens with zero attached hydrogens (tertiary/aromatic N) is 2. The van der Waals surface area contributed by atoms with Crippen molar-refractivity contribution in [1.82, 2.24) is 9.47 Å². The van der Waals surface area contributed by atoms with E-state index in [1.165, 1.54) is 10.8 Å². The van der Waals surface area contributed by atoms with E-state index in [4.69, 9.17) is 9.47 Å². The van der Waals surface area contributed by atoms with Crippen LogP contribution in [0.4, 0.5) is 0 Å². The molecular formula is C22H24N2O6. The van der Waals surface area contributed by atoms with E-state index in [0.29, 0.717) is 25.9 Å². The second-order valence-corrected chi connectivity index (χ2v) is 7.48. The van der Waals surface area contributed by atoms with Crippen LogP contribution in [0, 0.1) is 0 Å². The van der Waals surface area contributed by atoms with Gasteiger partial charge < -0.3 is 24.0 Å². The Hall–Kier alpha value is -3.13. The van der Waals surface area contributed by atoms with Crippen molar-refractivity contribution in [2.75, 3.05) is 19.7 Å². The van der Waals surface area contributed by atoms with E-state index in [-0.39, 0.29) is 36.1 Å². The molecule has 0 saturated carbocycles. The summed E-state index contributed by atoms with van der Waals surface area (Å²) in [6.07, 6.45) is 1.81. The van der Waals surface area contributed by atoms with Gasteiger partial charge in [-0.05, 0) is 25.3 Å². The molecule has 1 aromatic heterocycles. The lowest BCUT2D eigenvalue weighted by atomic mass is 10.0. The van der Waals surface area contributed by atoms with E-state index in [1.807, 2.05) is 30.3 Å². The Morgan fingerprint density at radius 3 is 2.73 bits per heavy atom. The van der Waals surface area contributed by atoms with Gasteiger partial charge in [0.25, 0.3) is 5.91 Å². The van der Waals surface area contributed by atoms with Crippen molar-refractivity contribution >= 4 is 11.9 Å². The molecule has 1 aromatic carbocycles. The van der Waals surface area contributed by atoms with Gasteiger partial charge in [0, 0.05) is 19.3 Å². The van der Waals surface area contributed by atoms with Crippen molar-refractivity contribution in [3.8, 4) is 5.75 Å². The fraction of sp³-hybridized carbons (Fsp3) is 0.409. The Morgan fingerprint density at radius 1 is 1.23 bits per heavy atom. The summed E-state index contributed by atoms with van der Waals surface area (Å²) in [6, 6.07) is 8.77. The summed E-state index contributed by atoms with van der Waals surface area (Å²) in [6.45, 7) is 2.64. The highest BCUT2D eigenvalue weighted by Gasteiger charge is 2.40. The fourth-order valence-electron chi connectivity index (χ4n) is 4.03. The summed E-state index contributed by atoms with van der Waals surface area (Å²) in [7, 11) is 0. The minimum Gasteiger partial charge on any atom is -0.483 e.